The Morgan fingerprint density at radius 2 is 1.52 bits per heavy atom. The molecule has 0 saturated heterocycles. The molecular formula is C19H13BrN4O3. The molecule has 0 saturated carbocycles. The number of nitro benzene ring substituents is 1. The molecule has 0 amide bonds. The van der Waals surface area contributed by atoms with Crippen LogP contribution in [0.2, 0.25) is 0 Å². The van der Waals surface area contributed by atoms with Crippen LogP contribution in [0, 0.1) is 10.1 Å². The number of halogens is 1. The normalized spacial score (nSPS) is 11.3. The van der Waals surface area contributed by atoms with Crippen molar-refractivity contribution in [1.82, 2.24) is 0 Å². The van der Waals surface area contributed by atoms with Crippen LogP contribution in [0.3, 0.4) is 0 Å². The van der Waals surface area contributed by atoms with Gasteiger partial charge in [-0.05, 0) is 52.3 Å². The van der Waals surface area contributed by atoms with E-state index in [1.807, 2.05) is 30.3 Å². The third kappa shape index (κ3) is 4.83. The summed E-state index contributed by atoms with van der Waals surface area (Å²) >= 11 is 3.10. The summed E-state index contributed by atoms with van der Waals surface area (Å²) in [5, 5.41) is 29.2. The van der Waals surface area contributed by atoms with Gasteiger partial charge in [-0.15, -0.1) is 0 Å². The van der Waals surface area contributed by atoms with Crippen LogP contribution in [0.25, 0.3) is 0 Å². The van der Waals surface area contributed by atoms with Crippen molar-refractivity contribution in [1.29, 1.82) is 0 Å². The molecule has 0 radical (unpaired) electrons. The summed E-state index contributed by atoms with van der Waals surface area (Å²) in [7, 11) is 0. The number of nitro groups is 1. The number of aromatic hydroxyl groups is 1. The summed E-state index contributed by atoms with van der Waals surface area (Å²) in [5.41, 5.74) is 2.13. The summed E-state index contributed by atoms with van der Waals surface area (Å²) in [6, 6.07) is 18.8. The highest BCUT2D eigenvalue weighted by Gasteiger charge is 2.13. The van der Waals surface area contributed by atoms with E-state index in [2.05, 4.69) is 31.2 Å². The number of benzene rings is 3. The van der Waals surface area contributed by atoms with Crippen molar-refractivity contribution in [3.05, 3.63) is 86.9 Å². The first-order chi connectivity index (χ1) is 13.0. The zero-order valence-electron chi connectivity index (χ0n) is 13.9. The van der Waals surface area contributed by atoms with Gasteiger partial charge < -0.3 is 5.11 Å². The van der Waals surface area contributed by atoms with Gasteiger partial charge in [0.2, 0.25) is 0 Å². The van der Waals surface area contributed by atoms with Gasteiger partial charge in [-0.25, -0.2) is 0 Å². The molecule has 0 aromatic heterocycles. The Labute approximate surface area is 163 Å². The summed E-state index contributed by atoms with van der Waals surface area (Å²) < 4.78 is 0.231. The summed E-state index contributed by atoms with van der Waals surface area (Å²) in [4.78, 5) is 14.6. The maximum absolute atomic E-state index is 10.9. The number of azo groups is 1. The van der Waals surface area contributed by atoms with Crippen LogP contribution in [0.4, 0.5) is 22.7 Å². The lowest BCUT2D eigenvalue weighted by molar-refractivity contribution is -0.385. The van der Waals surface area contributed by atoms with Gasteiger partial charge in [0.1, 0.15) is 5.75 Å². The molecule has 0 aliphatic carbocycles. The number of non-ortho nitro benzene ring substituents is 1. The fourth-order valence-electron chi connectivity index (χ4n) is 2.17. The zero-order valence-corrected chi connectivity index (χ0v) is 15.4. The molecule has 0 unspecified atom stereocenters. The third-order valence-corrected chi connectivity index (χ3v) is 4.13. The first kappa shape index (κ1) is 18.4. The molecule has 0 atom stereocenters. The third-order valence-electron chi connectivity index (χ3n) is 3.53. The van der Waals surface area contributed by atoms with Crippen LogP contribution in [-0.4, -0.2) is 16.2 Å². The number of rotatable bonds is 5. The molecule has 0 aliphatic heterocycles. The smallest absolute Gasteiger partial charge is 0.271 e. The van der Waals surface area contributed by atoms with Gasteiger partial charge in [-0.2, -0.15) is 10.2 Å². The highest BCUT2D eigenvalue weighted by atomic mass is 79.9. The quantitative estimate of drug-likeness (QED) is 0.227. The minimum atomic E-state index is -0.534. The molecule has 3 aromatic rings. The first-order valence-corrected chi connectivity index (χ1v) is 8.60. The maximum atomic E-state index is 10.9. The van der Waals surface area contributed by atoms with E-state index in [0.717, 1.165) is 5.69 Å². The van der Waals surface area contributed by atoms with Crippen LogP contribution in [0.15, 0.2) is 86.4 Å². The average molecular weight is 425 g/mol. The van der Waals surface area contributed by atoms with Gasteiger partial charge >= 0.3 is 0 Å². The summed E-state index contributed by atoms with van der Waals surface area (Å²) in [6.07, 6.45) is 1.37. The Morgan fingerprint density at radius 3 is 2.15 bits per heavy atom. The van der Waals surface area contributed by atoms with E-state index in [-0.39, 0.29) is 21.5 Å². The lowest BCUT2D eigenvalue weighted by atomic mass is 10.2. The predicted molar refractivity (Wildman–Crippen MR) is 107 cm³/mol. The highest BCUT2D eigenvalue weighted by molar-refractivity contribution is 9.10. The number of phenolic OH excluding ortho intramolecular Hbond substituents is 1. The second-order valence-electron chi connectivity index (χ2n) is 5.43. The Bertz CT molecular complexity index is 1020. The Hall–Kier alpha value is -3.39. The van der Waals surface area contributed by atoms with E-state index in [1.165, 1.54) is 18.3 Å². The second kappa shape index (κ2) is 8.33. The number of nitrogens with zero attached hydrogens (tertiary/aromatic N) is 4. The van der Waals surface area contributed by atoms with E-state index in [4.69, 9.17) is 0 Å². The monoisotopic (exact) mass is 424 g/mol. The van der Waals surface area contributed by atoms with Gasteiger partial charge in [0.05, 0.1) is 26.5 Å². The molecule has 8 heteroatoms. The minimum absolute atomic E-state index is 0.113. The maximum Gasteiger partial charge on any atom is 0.271 e. The van der Waals surface area contributed by atoms with Gasteiger partial charge in [-0.3, -0.25) is 15.1 Å². The highest BCUT2D eigenvalue weighted by Crippen LogP contribution is 2.32. The van der Waals surface area contributed by atoms with Crippen LogP contribution < -0.4 is 0 Å². The summed E-state index contributed by atoms with van der Waals surface area (Å²) in [6.45, 7) is 0. The average Bonchev–Trinajstić information content (AvgIpc) is 2.69. The van der Waals surface area contributed by atoms with Crippen molar-refractivity contribution in [2.75, 3.05) is 0 Å². The minimum Gasteiger partial charge on any atom is -0.506 e. The number of hydrogen-bond acceptors (Lipinski definition) is 6. The number of hydrogen-bond donors (Lipinski definition) is 1. The lowest BCUT2D eigenvalue weighted by Gasteiger charge is -2.02. The standard InChI is InChI=1S/C19H13BrN4O3/c20-18-11-17(24(26)27)10-13(19(18)25)12-21-14-6-8-16(9-7-14)23-22-15-4-2-1-3-5-15/h1-12,25H. The molecule has 3 rings (SSSR count). The molecular weight excluding hydrogens is 412 g/mol. The Morgan fingerprint density at radius 1 is 0.926 bits per heavy atom. The van der Waals surface area contributed by atoms with Crippen molar-refractivity contribution in [2.24, 2.45) is 15.2 Å². The van der Waals surface area contributed by atoms with Crippen LogP contribution in [0.5, 0.6) is 5.75 Å². The molecule has 3 aromatic carbocycles. The van der Waals surface area contributed by atoms with E-state index < -0.39 is 4.92 Å². The van der Waals surface area contributed by atoms with Gasteiger partial charge in [0, 0.05) is 23.9 Å². The van der Waals surface area contributed by atoms with Crippen molar-refractivity contribution < 1.29 is 10.0 Å². The van der Waals surface area contributed by atoms with Crippen molar-refractivity contribution in [2.45, 2.75) is 0 Å². The van der Waals surface area contributed by atoms with Crippen LogP contribution in [0.1, 0.15) is 5.56 Å². The number of phenols is 1. The van der Waals surface area contributed by atoms with E-state index in [0.29, 0.717) is 11.4 Å². The topological polar surface area (TPSA) is 100 Å². The first-order valence-electron chi connectivity index (χ1n) is 7.81. The van der Waals surface area contributed by atoms with Crippen LogP contribution >= 0.6 is 15.9 Å². The molecule has 134 valence electrons. The molecule has 0 bridgehead atoms. The molecule has 0 aliphatic rings. The Balaban J connectivity index is 1.77. The largest absolute Gasteiger partial charge is 0.506 e. The van der Waals surface area contributed by atoms with E-state index in [9.17, 15) is 15.2 Å². The van der Waals surface area contributed by atoms with Gasteiger partial charge in [-0.1, -0.05) is 18.2 Å². The Kier molecular flexibility index (Phi) is 5.68. The van der Waals surface area contributed by atoms with E-state index in [1.54, 1.807) is 24.3 Å². The van der Waals surface area contributed by atoms with Crippen molar-refractivity contribution in [3.63, 3.8) is 0 Å². The second-order valence-corrected chi connectivity index (χ2v) is 6.29. The lowest BCUT2D eigenvalue weighted by Crippen LogP contribution is -1.91. The molecule has 27 heavy (non-hydrogen) atoms. The van der Waals surface area contributed by atoms with Crippen molar-refractivity contribution >= 4 is 44.9 Å². The molecule has 7 nitrogen and oxygen atoms in total. The van der Waals surface area contributed by atoms with E-state index >= 15 is 0 Å². The fourth-order valence-corrected chi connectivity index (χ4v) is 2.63. The SMILES string of the molecule is O=[N+]([O-])c1cc(Br)c(O)c(C=Nc2ccc(N=Nc3ccccc3)cc2)c1. The van der Waals surface area contributed by atoms with Gasteiger partial charge in [0.15, 0.2) is 0 Å². The molecule has 1 N–H and O–H groups in total. The van der Waals surface area contributed by atoms with Crippen molar-refractivity contribution in [3.8, 4) is 5.75 Å². The predicted octanol–water partition coefficient (Wildman–Crippen LogP) is 6.23. The zero-order chi connectivity index (χ0) is 19.2. The molecule has 0 spiro atoms. The fraction of sp³-hybridized carbons (Fsp3) is 0. The molecule has 0 fully saturated rings. The number of aliphatic imine (C=N–C) groups is 1. The summed E-state index contributed by atoms with van der Waals surface area (Å²) in [5.74, 6) is -0.113. The molecule has 0 heterocycles. The van der Waals surface area contributed by atoms with Crippen LogP contribution in [-0.2, 0) is 0 Å². The van der Waals surface area contributed by atoms with Gasteiger partial charge in [0.25, 0.3) is 5.69 Å².